The number of benzene rings is 1. The molecule has 80 valence electrons. The van der Waals surface area contributed by atoms with E-state index in [1.54, 1.807) is 0 Å². The van der Waals surface area contributed by atoms with Crippen LogP contribution in [-0.4, -0.2) is 18.5 Å². The first-order valence-electron chi connectivity index (χ1n) is 5.09. The van der Waals surface area contributed by atoms with E-state index in [-0.39, 0.29) is 5.24 Å². The molecule has 1 heterocycles. The van der Waals surface area contributed by atoms with Gasteiger partial charge in [0.2, 0.25) is 5.24 Å². The van der Waals surface area contributed by atoms with Crippen molar-refractivity contribution in [2.75, 3.05) is 13.2 Å². The second-order valence-electron chi connectivity index (χ2n) is 3.83. The summed E-state index contributed by atoms with van der Waals surface area (Å²) in [6, 6.07) is 9.74. The van der Waals surface area contributed by atoms with E-state index in [0.717, 1.165) is 5.56 Å². The first-order valence-corrected chi connectivity index (χ1v) is 5.47. The van der Waals surface area contributed by atoms with Crippen LogP contribution < -0.4 is 0 Å². The van der Waals surface area contributed by atoms with Crippen LogP contribution in [-0.2, 0) is 14.9 Å². The largest absolute Gasteiger partial charge is 0.381 e. The molecular weight excluding hydrogens is 212 g/mol. The molecule has 1 aromatic rings. The molecule has 1 aliphatic heterocycles. The van der Waals surface area contributed by atoms with Gasteiger partial charge in [0.15, 0.2) is 0 Å². The van der Waals surface area contributed by atoms with E-state index in [2.05, 4.69) is 0 Å². The van der Waals surface area contributed by atoms with Gasteiger partial charge in [-0.25, -0.2) is 0 Å². The molecule has 0 radical (unpaired) electrons. The molecule has 1 aliphatic rings. The highest BCUT2D eigenvalue weighted by atomic mass is 35.5. The van der Waals surface area contributed by atoms with Crippen molar-refractivity contribution in [2.45, 2.75) is 18.3 Å². The molecule has 0 N–H and O–H groups in total. The van der Waals surface area contributed by atoms with Crippen molar-refractivity contribution < 1.29 is 9.53 Å². The SMILES string of the molecule is O=C(Cl)C1(c2ccccc2)CCOCC1. The van der Waals surface area contributed by atoms with Crippen molar-refractivity contribution in [3.8, 4) is 0 Å². The zero-order chi connectivity index (χ0) is 10.7. The highest BCUT2D eigenvalue weighted by molar-refractivity contribution is 6.65. The standard InChI is InChI=1S/C12H13ClO2/c13-11(14)12(6-8-15-9-7-12)10-4-2-1-3-5-10/h1-5H,6-9H2. The summed E-state index contributed by atoms with van der Waals surface area (Å²) in [4.78, 5) is 11.6. The summed E-state index contributed by atoms with van der Waals surface area (Å²) >= 11 is 5.75. The summed E-state index contributed by atoms with van der Waals surface area (Å²) in [5, 5.41) is -0.267. The van der Waals surface area contributed by atoms with Crippen LogP contribution in [0.25, 0.3) is 0 Å². The monoisotopic (exact) mass is 224 g/mol. The van der Waals surface area contributed by atoms with Crippen molar-refractivity contribution >= 4 is 16.8 Å². The minimum absolute atomic E-state index is 0.267. The fourth-order valence-electron chi connectivity index (χ4n) is 2.08. The minimum Gasteiger partial charge on any atom is -0.381 e. The quantitative estimate of drug-likeness (QED) is 0.722. The third-order valence-corrected chi connectivity index (χ3v) is 3.41. The second-order valence-corrected chi connectivity index (χ2v) is 4.18. The van der Waals surface area contributed by atoms with Crippen molar-refractivity contribution in [2.24, 2.45) is 0 Å². The van der Waals surface area contributed by atoms with Crippen LogP contribution in [0.15, 0.2) is 30.3 Å². The number of rotatable bonds is 2. The van der Waals surface area contributed by atoms with Crippen molar-refractivity contribution in [1.29, 1.82) is 0 Å². The Kier molecular flexibility index (Phi) is 3.08. The molecule has 0 saturated carbocycles. The predicted octanol–water partition coefficient (Wildman–Crippen LogP) is 2.50. The maximum atomic E-state index is 11.6. The smallest absolute Gasteiger partial charge is 0.232 e. The predicted molar refractivity (Wildman–Crippen MR) is 59.0 cm³/mol. The second kappa shape index (κ2) is 4.33. The van der Waals surface area contributed by atoms with Crippen LogP contribution >= 0.6 is 11.6 Å². The fourth-order valence-corrected chi connectivity index (χ4v) is 2.37. The lowest BCUT2D eigenvalue weighted by atomic mass is 9.75. The van der Waals surface area contributed by atoms with Crippen LogP contribution in [0, 0.1) is 0 Å². The van der Waals surface area contributed by atoms with E-state index in [4.69, 9.17) is 16.3 Å². The molecule has 2 nitrogen and oxygen atoms in total. The Hall–Kier alpha value is -0.860. The molecule has 0 amide bonds. The molecule has 0 aromatic heterocycles. The normalized spacial score (nSPS) is 19.8. The minimum atomic E-state index is -0.527. The lowest BCUT2D eigenvalue weighted by Crippen LogP contribution is -2.39. The Morgan fingerprint density at radius 2 is 1.80 bits per heavy atom. The van der Waals surface area contributed by atoms with Gasteiger partial charge in [-0.3, -0.25) is 4.79 Å². The van der Waals surface area contributed by atoms with Gasteiger partial charge < -0.3 is 4.74 Å². The summed E-state index contributed by atoms with van der Waals surface area (Å²) in [5.41, 5.74) is 0.481. The average molecular weight is 225 g/mol. The average Bonchev–Trinajstić information content (AvgIpc) is 2.31. The topological polar surface area (TPSA) is 26.3 Å². The van der Waals surface area contributed by atoms with Crippen LogP contribution in [0.1, 0.15) is 18.4 Å². The van der Waals surface area contributed by atoms with E-state index in [9.17, 15) is 4.79 Å². The highest BCUT2D eigenvalue weighted by Gasteiger charge is 2.40. The highest BCUT2D eigenvalue weighted by Crippen LogP contribution is 2.36. The first-order chi connectivity index (χ1) is 7.26. The van der Waals surface area contributed by atoms with Gasteiger partial charge >= 0.3 is 0 Å². The van der Waals surface area contributed by atoms with Gasteiger partial charge in [-0.15, -0.1) is 0 Å². The van der Waals surface area contributed by atoms with Gasteiger partial charge in [0.05, 0.1) is 5.41 Å². The molecule has 0 spiro atoms. The Balaban J connectivity index is 2.38. The van der Waals surface area contributed by atoms with Gasteiger partial charge in [-0.1, -0.05) is 30.3 Å². The lowest BCUT2D eigenvalue weighted by Gasteiger charge is -2.34. The Labute approximate surface area is 94.2 Å². The molecule has 15 heavy (non-hydrogen) atoms. The Bertz CT molecular complexity index is 342. The van der Waals surface area contributed by atoms with E-state index in [1.165, 1.54) is 0 Å². The maximum Gasteiger partial charge on any atom is 0.232 e. The van der Waals surface area contributed by atoms with Crippen LogP contribution in [0.5, 0.6) is 0 Å². The number of hydrogen-bond acceptors (Lipinski definition) is 2. The van der Waals surface area contributed by atoms with Crippen molar-refractivity contribution in [3.05, 3.63) is 35.9 Å². The van der Waals surface area contributed by atoms with Crippen LogP contribution in [0.4, 0.5) is 0 Å². The molecule has 2 rings (SSSR count). The lowest BCUT2D eigenvalue weighted by molar-refractivity contribution is -0.120. The van der Waals surface area contributed by atoms with Crippen molar-refractivity contribution in [3.63, 3.8) is 0 Å². The van der Waals surface area contributed by atoms with E-state index >= 15 is 0 Å². The number of hydrogen-bond donors (Lipinski definition) is 0. The summed E-state index contributed by atoms with van der Waals surface area (Å²) in [5.74, 6) is 0. The van der Waals surface area contributed by atoms with E-state index in [1.807, 2.05) is 30.3 Å². The number of halogens is 1. The summed E-state index contributed by atoms with van der Waals surface area (Å²) in [6.07, 6.45) is 1.36. The fraction of sp³-hybridized carbons (Fsp3) is 0.417. The Morgan fingerprint density at radius 3 is 2.33 bits per heavy atom. The van der Waals surface area contributed by atoms with Gasteiger partial charge in [-0.05, 0) is 30.0 Å². The van der Waals surface area contributed by atoms with E-state index < -0.39 is 5.41 Å². The maximum absolute atomic E-state index is 11.6. The van der Waals surface area contributed by atoms with Gasteiger partial charge in [0, 0.05) is 13.2 Å². The zero-order valence-electron chi connectivity index (χ0n) is 8.41. The van der Waals surface area contributed by atoms with E-state index in [0.29, 0.717) is 26.1 Å². The molecule has 0 aliphatic carbocycles. The third-order valence-electron chi connectivity index (χ3n) is 3.05. The Morgan fingerprint density at radius 1 is 1.20 bits per heavy atom. The summed E-state index contributed by atoms with van der Waals surface area (Å²) in [7, 11) is 0. The molecule has 0 atom stereocenters. The molecule has 3 heteroatoms. The molecule has 1 aromatic carbocycles. The summed E-state index contributed by atoms with van der Waals surface area (Å²) < 4.78 is 5.29. The number of carbonyl (C=O) groups excluding carboxylic acids is 1. The molecule has 1 fully saturated rings. The molecular formula is C12H13ClO2. The number of ether oxygens (including phenoxy) is 1. The van der Waals surface area contributed by atoms with Gasteiger partial charge in [-0.2, -0.15) is 0 Å². The van der Waals surface area contributed by atoms with Crippen molar-refractivity contribution in [1.82, 2.24) is 0 Å². The van der Waals surface area contributed by atoms with Gasteiger partial charge in [0.25, 0.3) is 0 Å². The van der Waals surface area contributed by atoms with Crippen LogP contribution in [0.3, 0.4) is 0 Å². The molecule has 0 unspecified atom stereocenters. The van der Waals surface area contributed by atoms with Crippen LogP contribution in [0.2, 0.25) is 0 Å². The van der Waals surface area contributed by atoms with Gasteiger partial charge in [0.1, 0.15) is 0 Å². The zero-order valence-corrected chi connectivity index (χ0v) is 9.17. The number of carbonyl (C=O) groups is 1. The third kappa shape index (κ3) is 1.92. The summed E-state index contributed by atoms with van der Waals surface area (Å²) in [6.45, 7) is 1.21. The molecule has 0 bridgehead atoms. The first kappa shape index (κ1) is 10.7. The molecule has 1 saturated heterocycles.